The van der Waals surface area contributed by atoms with E-state index in [1.807, 2.05) is 0 Å². The lowest BCUT2D eigenvalue weighted by Gasteiger charge is -2.18. The first kappa shape index (κ1) is 15.0. The van der Waals surface area contributed by atoms with Crippen LogP contribution >= 0.6 is 0 Å². The maximum absolute atomic E-state index is 5.70. The molecule has 0 N–H and O–H groups in total. The molecule has 1 heteroatoms. The van der Waals surface area contributed by atoms with Gasteiger partial charge in [-0.25, -0.2) is 0 Å². The Hall–Kier alpha value is -2.54. The van der Waals surface area contributed by atoms with E-state index in [1.54, 1.807) is 7.11 Å². The lowest BCUT2D eigenvalue weighted by Crippen LogP contribution is -2.03. The molecule has 0 atom stereocenters. The Balaban J connectivity index is 1.85. The Bertz CT molecular complexity index is 832. The number of benzene rings is 3. The molecule has 4 bridgehead atoms. The second-order valence-electron chi connectivity index (χ2n) is 6.50. The standard InChI is InChI=1S/C23H22O/c1-24-23-16-20-13-11-17-7-9-18(10-8-17)12-14-21(23)15-22(20)19-5-3-2-4-6-19/h2-10,15-16H,11-14H2,1H3. The number of aryl methyl sites for hydroxylation is 4. The molecule has 3 aromatic rings. The fourth-order valence-corrected chi connectivity index (χ4v) is 3.58. The maximum Gasteiger partial charge on any atom is 0.122 e. The number of hydrogen-bond acceptors (Lipinski definition) is 1. The van der Waals surface area contributed by atoms with E-state index in [-0.39, 0.29) is 0 Å². The third-order valence-electron chi connectivity index (χ3n) is 4.98. The monoisotopic (exact) mass is 314 g/mol. The molecule has 0 heterocycles. The summed E-state index contributed by atoms with van der Waals surface area (Å²) in [5.41, 5.74) is 8.10. The van der Waals surface area contributed by atoms with Crippen molar-refractivity contribution in [2.24, 2.45) is 0 Å². The summed E-state index contributed by atoms with van der Waals surface area (Å²) in [6.07, 6.45) is 4.13. The van der Waals surface area contributed by atoms with Gasteiger partial charge in [0.25, 0.3) is 0 Å². The second-order valence-corrected chi connectivity index (χ2v) is 6.50. The van der Waals surface area contributed by atoms with Gasteiger partial charge in [0.05, 0.1) is 7.11 Å². The first-order valence-corrected chi connectivity index (χ1v) is 8.66. The van der Waals surface area contributed by atoms with E-state index in [2.05, 4.69) is 66.7 Å². The molecule has 0 saturated carbocycles. The predicted molar refractivity (Wildman–Crippen MR) is 99.7 cm³/mol. The quantitative estimate of drug-likeness (QED) is 0.628. The smallest absolute Gasteiger partial charge is 0.122 e. The minimum Gasteiger partial charge on any atom is -0.496 e. The van der Waals surface area contributed by atoms with E-state index in [4.69, 9.17) is 4.74 Å². The number of methoxy groups -OCH3 is 1. The first-order chi connectivity index (χ1) is 11.8. The van der Waals surface area contributed by atoms with Crippen molar-refractivity contribution >= 4 is 0 Å². The maximum atomic E-state index is 5.70. The van der Waals surface area contributed by atoms with Crippen LogP contribution in [0.3, 0.4) is 0 Å². The zero-order valence-electron chi connectivity index (χ0n) is 14.1. The fraction of sp³-hybridized carbons (Fsp3) is 0.217. The van der Waals surface area contributed by atoms with Crippen molar-refractivity contribution in [1.29, 1.82) is 0 Å². The first-order valence-electron chi connectivity index (χ1n) is 8.66. The molecular formula is C23H22O. The lowest BCUT2D eigenvalue weighted by atomic mass is 9.90. The fourth-order valence-electron chi connectivity index (χ4n) is 3.58. The van der Waals surface area contributed by atoms with Gasteiger partial charge in [-0.1, -0.05) is 54.6 Å². The Morgan fingerprint density at radius 2 is 1.29 bits per heavy atom. The molecule has 1 nitrogen and oxygen atoms in total. The third-order valence-corrected chi connectivity index (χ3v) is 4.98. The largest absolute Gasteiger partial charge is 0.496 e. The van der Waals surface area contributed by atoms with Gasteiger partial charge in [-0.2, -0.15) is 0 Å². The molecule has 0 unspecified atom stereocenters. The third kappa shape index (κ3) is 2.94. The van der Waals surface area contributed by atoms with Crippen LogP contribution in [-0.2, 0) is 25.7 Å². The molecule has 120 valence electrons. The number of rotatable bonds is 2. The Morgan fingerprint density at radius 3 is 1.92 bits per heavy atom. The van der Waals surface area contributed by atoms with E-state index in [1.165, 1.54) is 33.4 Å². The second kappa shape index (κ2) is 6.52. The van der Waals surface area contributed by atoms with E-state index < -0.39 is 0 Å². The molecule has 7 rings (SSSR count). The average Bonchev–Trinajstić information content (AvgIpc) is 2.64. The molecular weight excluding hydrogens is 292 g/mol. The van der Waals surface area contributed by atoms with Crippen LogP contribution in [0.1, 0.15) is 22.3 Å². The van der Waals surface area contributed by atoms with Gasteiger partial charge < -0.3 is 4.74 Å². The van der Waals surface area contributed by atoms with Crippen molar-refractivity contribution in [1.82, 2.24) is 0 Å². The lowest BCUT2D eigenvalue weighted by molar-refractivity contribution is 0.409. The molecule has 0 saturated heterocycles. The molecule has 0 radical (unpaired) electrons. The van der Waals surface area contributed by atoms with Gasteiger partial charge >= 0.3 is 0 Å². The average molecular weight is 314 g/mol. The summed E-state index contributed by atoms with van der Waals surface area (Å²) < 4.78 is 5.70. The zero-order chi connectivity index (χ0) is 16.4. The van der Waals surface area contributed by atoms with Crippen LogP contribution in [0.15, 0.2) is 66.7 Å². The topological polar surface area (TPSA) is 9.23 Å². The van der Waals surface area contributed by atoms with Crippen LogP contribution in [0.5, 0.6) is 5.75 Å². The predicted octanol–water partition coefficient (Wildman–Crippen LogP) is 5.25. The summed E-state index contributed by atoms with van der Waals surface area (Å²) in [7, 11) is 1.78. The normalized spacial score (nSPS) is 13.4. The Labute approximate surface area is 143 Å². The summed E-state index contributed by atoms with van der Waals surface area (Å²) in [6, 6.07) is 24.4. The van der Waals surface area contributed by atoms with Crippen LogP contribution in [0, 0.1) is 0 Å². The van der Waals surface area contributed by atoms with Crippen molar-refractivity contribution in [2.45, 2.75) is 25.7 Å². The van der Waals surface area contributed by atoms with Crippen LogP contribution in [0.4, 0.5) is 0 Å². The van der Waals surface area contributed by atoms with E-state index in [9.17, 15) is 0 Å². The van der Waals surface area contributed by atoms with Crippen LogP contribution < -0.4 is 4.74 Å². The molecule has 0 aliphatic heterocycles. The molecule has 0 fully saturated rings. The summed E-state index contributed by atoms with van der Waals surface area (Å²) in [5, 5.41) is 0. The van der Waals surface area contributed by atoms with Gasteiger partial charge in [-0.3, -0.25) is 0 Å². The summed E-state index contributed by atoms with van der Waals surface area (Å²) in [5.74, 6) is 1.03. The summed E-state index contributed by atoms with van der Waals surface area (Å²) in [4.78, 5) is 0. The van der Waals surface area contributed by atoms with Gasteiger partial charge in [-0.05, 0) is 71.2 Å². The van der Waals surface area contributed by atoms with Crippen molar-refractivity contribution in [2.75, 3.05) is 7.11 Å². The van der Waals surface area contributed by atoms with Gasteiger partial charge in [0.1, 0.15) is 5.75 Å². The molecule has 0 spiro atoms. The highest BCUT2D eigenvalue weighted by molar-refractivity contribution is 5.70. The highest BCUT2D eigenvalue weighted by Gasteiger charge is 2.13. The van der Waals surface area contributed by atoms with Crippen LogP contribution in [-0.4, -0.2) is 7.11 Å². The van der Waals surface area contributed by atoms with Crippen LogP contribution in [0.25, 0.3) is 11.1 Å². The minimum absolute atomic E-state index is 1.00. The molecule has 4 aliphatic rings. The summed E-state index contributed by atoms with van der Waals surface area (Å²) >= 11 is 0. The molecule has 3 aromatic carbocycles. The van der Waals surface area contributed by atoms with Crippen molar-refractivity contribution in [3.63, 3.8) is 0 Å². The number of ether oxygens (including phenoxy) is 1. The highest BCUT2D eigenvalue weighted by atomic mass is 16.5. The van der Waals surface area contributed by atoms with E-state index >= 15 is 0 Å². The molecule has 0 aromatic heterocycles. The van der Waals surface area contributed by atoms with Crippen molar-refractivity contribution < 1.29 is 4.74 Å². The minimum atomic E-state index is 1.00. The van der Waals surface area contributed by atoms with Crippen molar-refractivity contribution in [3.8, 4) is 16.9 Å². The highest BCUT2D eigenvalue weighted by Crippen LogP contribution is 2.33. The van der Waals surface area contributed by atoms with Crippen LogP contribution in [0.2, 0.25) is 0 Å². The molecule has 4 aliphatic carbocycles. The van der Waals surface area contributed by atoms with Gasteiger partial charge in [-0.15, -0.1) is 0 Å². The van der Waals surface area contributed by atoms with Gasteiger partial charge in [0.2, 0.25) is 0 Å². The van der Waals surface area contributed by atoms with E-state index in [0.717, 1.165) is 31.4 Å². The molecule has 24 heavy (non-hydrogen) atoms. The van der Waals surface area contributed by atoms with Gasteiger partial charge in [0.15, 0.2) is 0 Å². The van der Waals surface area contributed by atoms with E-state index in [0.29, 0.717) is 0 Å². The Kier molecular flexibility index (Phi) is 4.08. The van der Waals surface area contributed by atoms with Crippen molar-refractivity contribution in [3.05, 3.63) is 89.0 Å². The zero-order valence-corrected chi connectivity index (χ0v) is 14.1. The number of hydrogen-bond donors (Lipinski definition) is 0. The summed E-state index contributed by atoms with van der Waals surface area (Å²) in [6.45, 7) is 0. The van der Waals surface area contributed by atoms with Gasteiger partial charge in [0, 0.05) is 0 Å². The SMILES string of the molecule is COc1cc2c(-c3ccccc3)cc1CCc1ccc(cc1)CC2. The Morgan fingerprint density at radius 1 is 0.667 bits per heavy atom. The molecule has 0 amide bonds.